The molecule has 1 amide bonds. The highest BCUT2D eigenvalue weighted by atomic mass is 32.1. The minimum Gasteiger partial charge on any atom is -0.389 e. The molecule has 0 fully saturated rings. The summed E-state index contributed by atoms with van der Waals surface area (Å²) in [5.74, 6) is -0.0695. The molecule has 0 aromatic heterocycles. The van der Waals surface area contributed by atoms with Crippen molar-refractivity contribution in [1.82, 2.24) is 0 Å². The summed E-state index contributed by atoms with van der Waals surface area (Å²) >= 11 is 4.87. The Morgan fingerprint density at radius 3 is 2.45 bits per heavy atom. The second-order valence-corrected chi connectivity index (χ2v) is 5.64. The molecule has 1 aromatic rings. The summed E-state index contributed by atoms with van der Waals surface area (Å²) < 4.78 is 5.64. The van der Waals surface area contributed by atoms with Crippen LogP contribution in [0.25, 0.3) is 0 Å². The molecule has 5 heteroatoms. The van der Waals surface area contributed by atoms with Gasteiger partial charge in [0.2, 0.25) is 5.91 Å². The Morgan fingerprint density at radius 1 is 1.35 bits per heavy atom. The average molecular weight is 294 g/mol. The summed E-state index contributed by atoms with van der Waals surface area (Å²) in [4.78, 5) is 12.1. The normalized spacial score (nSPS) is 11.2. The molecule has 0 bridgehead atoms. The smallest absolute Gasteiger partial charge is 0.226 e. The lowest BCUT2D eigenvalue weighted by Gasteiger charge is -2.23. The van der Waals surface area contributed by atoms with Gasteiger partial charge in [-0.2, -0.15) is 0 Å². The summed E-state index contributed by atoms with van der Waals surface area (Å²) in [6.45, 7) is 6.50. The number of carbonyl (C=O) groups excluding carboxylic acids is 1. The van der Waals surface area contributed by atoms with E-state index in [-0.39, 0.29) is 11.5 Å². The molecule has 0 saturated carbocycles. The van der Waals surface area contributed by atoms with Gasteiger partial charge in [0.15, 0.2) is 0 Å². The highest BCUT2D eigenvalue weighted by Crippen LogP contribution is 2.14. The van der Waals surface area contributed by atoms with Crippen molar-refractivity contribution in [2.75, 3.05) is 11.9 Å². The van der Waals surface area contributed by atoms with Gasteiger partial charge in [-0.1, -0.05) is 19.1 Å². The first-order valence-electron chi connectivity index (χ1n) is 6.68. The van der Waals surface area contributed by atoms with Gasteiger partial charge in [0.1, 0.15) is 4.99 Å². The van der Waals surface area contributed by atoms with E-state index in [2.05, 4.69) is 12.2 Å². The molecular formula is C15H22N2O2S. The molecule has 4 nitrogen and oxygen atoms in total. The van der Waals surface area contributed by atoms with Crippen LogP contribution in [0.3, 0.4) is 0 Å². The molecular weight excluding hydrogens is 272 g/mol. The lowest BCUT2D eigenvalue weighted by atomic mass is 10.1. The lowest BCUT2D eigenvalue weighted by Crippen LogP contribution is -2.25. The van der Waals surface area contributed by atoms with E-state index in [1.165, 1.54) is 0 Å². The van der Waals surface area contributed by atoms with Crippen molar-refractivity contribution >= 4 is 28.8 Å². The Balaban J connectivity index is 2.41. The van der Waals surface area contributed by atoms with Crippen LogP contribution in [0, 0.1) is 0 Å². The molecule has 0 heterocycles. The number of ether oxygens (including phenoxy) is 1. The Kier molecular flexibility index (Phi) is 6.10. The van der Waals surface area contributed by atoms with Crippen molar-refractivity contribution in [2.24, 2.45) is 5.73 Å². The van der Waals surface area contributed by atoms with Gasteiger partial charge in [0.25, 0.3) is 0 Å². The van der Waals surface area contributed by atoms with Crippen molar-refractivity contribution in [3.05, 3.63) is 29.8 Å². The highest BCUT2D eigenvalue weighted by molar-refractivity contribution is 7.80. The fourth-order valence-electron chi connectivity index (χ4n) is 1.46. The molecule has 1 aromatic carbocycles. The van der Waals surface area contributed by atoms with Gasteiger partial charge in [-0.15, -0.1) is 0 Å². The number of hydrogen-bond acceptors (Lipinski definition) is 3. The van der Waals surface area contributed by atoms with Crippen LogP contribution in [0.5, 0.6) is 0 Å². The number of carbonyl (C=O) groups is 1. The Hall–Kier alpha value is -1.46. The number of thiocarbonyl (C=S) groups is 1. The van der Waals surface area contributed by atoms with E-state index in [0.29, 0.717) is 18.0 Å². The molecule has 0 aliphatic carbocycles. The second-order valence-electron chi connectivity index (χ2n) is 5.20. The maximum Gasteiger partial charge on any atom is 0.226 e. The molecule has 0 aliphatic heterocycles. The zero-order valence-electron chi connectivity index (χ0n) is 12.2. The first-order chi connectivity index (χ1) is 9.34. The third-order valence-electron chi connectivity index (χ3n) is 3.13. The predicted molar refractivity (Wildman–Crippen MR) is 85.9 cm³/mol. The average Bonchev–Trinajstić information content (AvgIpc) is 2.39. The minimum atomic E-state index is -0.182. The molecule has 0 atom stereocenters. The van der Waals surface area contributed by atoms with Crippen molar-refractivity contribution < 1.29 is 9.53 Å². The van der Waals surface area contributed by atoms with E-state index in [1.807, 2.05) is 13.8 Å². The third kappa shape index (κ3) is 5.67. The molecule has 0 radical (unpaired) electrons. The molecule has 1 rings (SSSR count). The lowest BCUT2D eigenvalue weighted by molar-refractivity contribution is -0.118. The zero-order valence-corrected chi connectivity index (χ0v) is 13.0. The van der Waals surface area contributed by atoms with Gasteiger partial charge in [-0.05, 0) is 44.5 Å². The van der Waals surface area contributed by atoms with Crippen molar-refractivity contribution in [1.29, 1.82) is 0 Å². The molecule has 0 aliphatic rings. The Labute approximate surface area is 125 Å². The zero-order chi connectivity index (χ0) is 15.2. The minimum absolute atomic E-state index is 0.0695. The summed E-state index contributed by atoms with van der Waals surface area (Å²) in [5.41, 5.74) is 6.84. The quantitative estimate of drug-likeness (QED) is 0.759. The van der Waals surface area contributed by atoms with Crippen LogP contribution in [0.1, 0.15) is 39.2 Å². The van der Waals surface area contributed by atoms with E-state index in [4.69, 9.17) is 22.7 Å². The number of anilines is 1. The van der Waals surface area contributed by atoms with Crippen LogP contribution < -0.4 is 11.1 Å². The summed E-state index contributed by atoms with van der Waals surface area (Å²) in [5, 5.41) is 2.81. The van der Waals surface area contributed by atoms with Crippen molar-refractivity contribution in [3.63, 3.8) is 0 Å². The molecule has 0 saturated heterocycles. The molecule has 0 spiro atoms. The fraction of sp³-hybridized carbons (Fsp3) is 0.467. The van der Waals surface area contributed by atoms with E-state index in [0.717, 1.165) is 17.7 Å². The van der Waals surface area contributed by atoms with Gasteiger partial charge in [-0.25, -0.2) is 0 Å². The molecule has 0 unspecified atom stereocenters. The van der Waals surface area contributed by atoms with Gasteiger partial charge in [-0.3, -0.25) is 4.79 Å². The van der Waals surface area contributed by atoms with Crippen LogP contribution in [0.15, 0.2) is 24.3 Å². The summed E-state index contributed by atoms with van der Waals surface area (Å²) in [6, 6.07) is 7.13. The Bertz CT molecular complexity index is 469. The number of nitrogens with one attached hydrogen (secondary N) is 1. The van der Waals surface area contributed by atoms with Crippen molar-refractivity contribution in [2.45, 2.75) is 39.2 Å². The van der Waals surface area contributed by atoms with Gasteiger partial charge in [0.05, 0.1) is 18.6 Å². The van der Waals surface area contributed by atoms with Crippen LogP contribution >= 0.6 is 12.2 Å². The monoisotopic (exact) mass is 294 g/mol. The number of hydrogen-bond donors (Lipinski definition) is 2. The highest BCUT2D eigenvalue weighted by Gasteiger charge is 2.15. The van der Waals surface area contributed by atoms with E-state index in [9.17, 15) is 4.79 Å². The first kappa shape index (κ1) is 16.6. The van der Waals surface area contributed by atoms with E-state index < -0.39 is 0 Å². The Morgan fingerprint density at radius 2 is 1.95 bits per heavy atom. The van der Waals surface area contributed by atoms with E-state index >= 15 is 0 Å². The number of amides is 1. The predicted octanol–water partition coefficient (Wildman–Crippen LogP) is 2.85. The number of nitrogens with two attached hydrogens (primary N) is 1. The van der Waals surface area contributed by atoms with Crippen molar-refractivity contribution in [3.8, 4) is 0 Å². The van der Waals surface area contributed by atoms with E-state index in [1.54, 1.807) is 24.3 Å². The van der Waals surface area contributed by atoms with Crippen LogP contribution in [-0.4, -0.2) is 23.1 Å². The standard InChI is InChI=1S/C15H22N2O2S/c1-4-15(2,3)19-10-9-13(18)17-12-7-5-11(6-8-12)14(16)20/h5-8H,4,9-10H2,1-3H3,(H2,16,20)(H,17,18). The molecule has 20 heavy (non-hydrogen) atoms. The SMILES string of the molecule is CCC(C)(C)OCCC(=O)Nc1ccc(C(N)=S)cc1. The summed E-state index contributed by atoms with van der Waals surface area (Å²) in [6.07, 6.45) is 1.25. The van der Waals surface area contributed by atoms with Crippen LogP contribution in [-0.2, 0) is 9.53 Å². The van der Waals surface area contributed by atoms with Gasteiger partial charge < -0.3 is 15.8 Å². The number of rotatable bonds is 7. The molecule has 110 valence electrons. The summed E-state index contributed by atoms with van der Waals surface area (Å²) in [7, 11) is 0. The second kappa shape index (κ2) is 7.36. The number of benzene rings is 1. The largest absolute Gasteiger partial charge is 0.389 e. The first-order valence-corrected chi connectivity index (χ1v) is 7.08. The third-order valence-corrected chi connectivity index (χ3v) is 3.36. The van der Waals surface area contributed by atoms with Gasteiger partial charge in [0, 0.05) is 11.3 Å². The maximum atomic E-state index is 11.8. The molecule has 3 N–H and O–H groups in total. The van der Waals surface area contributed by atoms with Crippen LogP contribution in [0.4, 0.5) is 5.69 Å². The van der Waals surface area contributed by atoms with Crippen LogP contribution in [0.2, 0.25) is 0 Å². The van der Waals surface area contributed by atoms with Gasteiger partial charge >= 0.3 is 0 Å². The fourth-order valence-corrected chi connectivity index (χ4v) is 1.60. The topological polar surface area (TPSA) is 64.3 Å². The maximum absolute atomic E-state index is 11.8.